The first-order valence-corrected chi connectivity index (χ1v) is 13.2. The van der Waals surface area contributed by atoms with Crippen LogP contribution in [0.4, 0.5) is 0 Å². The minimum atomic E-state index is -2.91. The van der Waals surface area contributed by atoms with E-state index >= 15 is 0 Å². The number of rotatable bonds is 5. The van der Waals surface area contributed by atoms with E-state index in [1.54, 1.807) is 0 Å². The Kier molecular flexibility index (Phi) is 6.03. The molecule has 1 unspecified atom stereocenters. The van der Waals surface area contributed by atoms with E-state index in [2.05, 4.69) is 4.90 Å². The zero-order chi connectivity index (χ0) is 22.8. The van der Waals surface area contributed by atoms with Crippen LogP contribution in [0.25, 0.3) is 11.3 Å². The van der Waals surface area contributed by atoms with Gasteiger partial charge >= 0.3 is 0 Å². The van der Waals surface area contributed by atoms with Gasteiger partial charge in [0.2, 0.25) is 0 Å². The molecule has 2 saturated heterocycles. The SMILES string of the molecule is O=C(c1cn(Cc2ccccc2)nc1-c1ccccc1)N1CCN(C2CCS(=O)(=O)C2)CC1. The molecule has 0 N–H and O–H groups in total. The molecular formula is C25H28N4O3S. The third kappa shape index (κ3) is 4.86. The molecule has 2 aromatic carbocycles. The van der Waals surface area contributed by atoms with Crippen molar-refractivity contribution in [2.75, 3.05) is 37.7 Å². The summed E-state index contributed by atoms with van der Waals surface area (Å²) >= 11 is 0. The van der Waals surface area contributed by atoms with Crippen molar-refractivity contribution in [3.05, 3.63) is 78.0 Å². The molecule has 8 heteroatoms. The van der Waals surface area contributed by atoms with Gasteiger partial charge in [0.1, 0.15) is 5.69 Å². The predicted molar refractivity (Wildman–Crippen MR) is 128 cm³/mol. The standard InChI is InChI=1S/C25H28N4O3S/c30-25(28-14-12-27(13-15-28)22-11-16-33(31,32)19-22)23-18-29(17-20-7-3-1-4-8-20)26-24(23)21-9-5-2-6-10-21/h1-10,18,22H,11-17,19H2. The molecule has 0 bridgehead atoms. The van der Waals surface area contributed by atoms with Crippen molar-refractivity contribution in [2.24, 2.45) is 0 Å². The van der Waals surface area contributed by atoms with E-state index < -0.39 is 9.84 Å². The minimum absolute atomic E-state index is 0.0214. The number of sulfone groups is 1. The zero-order valence-electron chi connectivity index (χ0n) is 18.5. The summed E-state index contributed by atoms with van der Waals surface area (Å²) in [7, 11) is -2.91. The van der Waals surface area contributed by atoms with Gasteiger partial charge in [-0.3, -0.25) is 14.4 Å². The van der Waals surface area contributed by atoms with Crippen LogP contribution in [0, 0.1) is 0 Å². The van der Waals surface area contributed by atoms with Crippen molar-refractivity contribution < 1.29 is 13.2 Å². The monoisotopic (exact) mass is 464 g/mol. The molecule has 1 atom stereocenters. The number of hydrogen-bond acceptors (Lipinski definition) is 5. The van der Waals surface area contributed by atoms with Crippen LogP contribution >= 0.6 is 0 Å². The average Bonchev–Trinajstić information content (AvgIpc) is 3.43. The molecule has 5 rings (SSSR count). The van der Waals surface area contributed by atoms with Crippen LogP contribution in [-0.2, 0) is 16.4 Å². The van der Waals surface area contributed by atoms with Crippen LogP contribution in [0.15, 0.2) is 66.9 Å². The molecule has 172 valence electrons. The number of piperazine rings is 1. The molecule has 0 radical (unpaired) electrons. The van der Waals surface area contributed by atoms with Crippen LogP contribution in [0.2, 0.25) is 0 Å². The van der Waals surface area contributed by atoms with Crippen molar-refractivity contribution in [3.63, 3.8) is 0 Å². The molecule has 0 saturated carbocycles. The Morgan fingerprint density at radius 1 is 0.939 bits per heavy atom. The Morgan fingerprint density at radius 3 is 2.24 bits per heavy atom. The maximum absolute atomic E-state index is 13.5. The highest BCUT2D eigenvalue weighted by Crippen LogP contribution is 2.25. The van der Waals surface area contributed by atoms with Crippen LogP contribution in [0.1, 0.15) is 22.3 Å². The summed E-state index contributed by atoms with van der Waals surface area (Å²) in [6.07, 6.45) is 2.55. The van der Waals surface area contributed by atoms with Gasteiger partial charge in [0.25, 0.3) is 5.91 Å². The quantitative estimate of drug-likeness (QED) is 0.580. The lowest BCUT2D eigenvalue weighted by atomic mass is 10.1. The predicted octanol–water partition coefficient (Wildman–Crippen LogP) is 2.54. The Bertz CT molecular complexity index is 1220. The summed E-state index contributed by atoms with van der Waals surface area (Å²) in [6, 6.07) is 20.0. The fourth-order valence-corrected chi connectivity index (χ4v) is 6.52. The van der Waals surface area contributed by atoms with Gasteiger partial charge in [-0.05, 0) is 12.0 Å². The summed E-state index contributed by atoms with van der Waals surface area (Å²) < 4.78 is 25.5. The second kappa shape index (κ2) is 9.11. The molecule has 2 fully saturated rings. The van der Waals surface area contributed by atoms with Gasteiger partial charge in [-0.15, -0.1) is 0 Å². The van der Waals surface area contributed by atoms with Gasteiger partial charge < -0.3 is 4.90 Å². The van der Waals surface area contributed by atoms with E-state index in [-0.39, 0.29) is 23.5 Å². The molecule has 1 amide bonds. The summed E-state index contributed by atoms with van der Waals surface area (Å²) in [5, 5.41) is 4.78. The number of carbonyl (C=O) groups excluding carboxylic acids is 1. The largest absolute Gasteiger partial charge is 0.336 e. The van der Waals surface area contributed by atoms with Gasteiger partial charge in [0.05, 0.1) is 23.6 Å². The lowest BCUT2D eigenvalue weighted by Crippen LogP contribution is -2.52. The molecular weight excluding hydrogens is 436 g/mol. The van der Waals surface area contributed by atoms with Gasteiger partial charge in [0.15, 0.2) is 9.84 Å². The van der Waals surface area contributed by atoms with Crippen molar-refractivity contribution in [3.8, 4) is 11.3 Å². The Labute approximate surface area is 194 Å². The lowest BCUT2D eigenvalue weighted by molar-refractivity contribution is 0.0588. The molecule has 1 aromatic heterocycles. The van der Waals surface area contributed by atoms with E-state index in [0.717, 1.165) is 11.1 Å². The lowest BCUT2D eigenvalue weighted by Gasteiger charge is -2.37. The van der Waals surface area contributed by atoms with Crippen molar-refractivity contribution in [1.29, 1.82) is 0 Å². The first kappa shape index (κ1) is 21.9. The maximum atomic E-state index is 13.5. The smallest absolute Gasteiger partial charge is 0.257 e. The molecule has 3 heterocycles. The second-order valence-electron chi connectivity index (χ2n) is 8.83. The summed E-state index contributed by atoms with van der Waals surface area (Å²) in [5.74, 6) is 0.496. The molecule has 2 aliphatic rings. The normalized spacial score (nSPS) is 20.7. The topological polar surface area (TPSA) is 75.5 Å². The van der Waals surface area contributed by atoms with E-state index in [1.165, 1.54) is 0 Å². The molecule has 0 spiro atoms. The van der Waals surface area contributed by atoms with E-state index in [0.29, 0.717) is 50.4 Å². The highest BCUT2D eigenvalue weighted by atomic mass is 32.2. The zero-order valence-corrected chi connectivity index (χ0v) is 19.3. The molecule has 3 aromatic rings. The van der Waals surface area contributed by atoms with Crippen molar-refractivity contribution in [2.45, 2.75) is 19.0 Å². The Hall–Kier alpha value is -2.97. The van der Waals surface area contributed by atoms with Gasteiger partial charge in [-0.25, -0.2) is 8.42 Å². The molecule has 0 aliphatic carbocycles. The first-order chi connectivity index (χ1) is 16.0. The van der Waals surface area contributed by atoms with E-state index in [9.17, 15) is 13.2 Å². The number of carbonyl (C=O) groups is 1. The fraction of sp³-hybridized carbons (Fsp3) is 0.360. The summed E-state index contributed by atoms with van der Waals surface area (Å²) in [6.45, 7) is 3.17. The number of benzene rings is 2. The third-order valence-corrected chi connectivity index (χ3v) is 8.30. The highest BCUT2D eigenvalue weighted by molar-refractivity contribution is 7.91. The first-order valence-electron chi connectivity index (χ1n) is 11.4. The van der Waals surface area contributed by atoms with Gasteiger partial charge in [-0.2, -0.15) is 5.10 Å². The van der Waals surface area contributed by atoms with Gasteiger partial charge in [0, 0.05) is 44.0 Å². The molecule has 33 heavy (non-hydrogen) atoms. The van der Waals surface area contributed by atoms with Crippen LogP contribution in [0.3, 0.4) is 0 Å². The summed E-state index contributed by atoms with van der Waals surface area (Å²) in [5.41, 5.74) is 3.34. The van der Waals surface area contributed by atoms with Crippen molar-refractivity contribution >= 4 is 15.7 Å². The summed E-state index contributed by atoms with van der Waals surface area (Å²) in [4.78, 5) is 17.6. The molecule has 2 aliphatic heterocycles. The van der Waals surface area contributed by atoms with Gasteiger partial charge in [-0.1, -0.05) is 60.7 Å². The van der Waals surface area contributed by atoms with Crippen LogP contribution < -0.4 is 0 Å². The number of hydrogen-bond donors (Lipinski definition) is 0. The Morgan fingerprint density at radius 2 is 1.61 bits per heavy atom. The number of nitrogens with zero attached hydrogens (tertiary/aromatic N) is 4. The highest BCUT2D eigenvalue weighted by Gasteiger charge is 2.35. The van der Waals surface area contributed by atoms with E-state index in [4.69, 9.17) is 5.10 Å². The average molecular weight is 465 g/mol. The van der Waals surface area contributed by atoms with Crippen LogP contribution in [-0.4, -0.2) is 77.6 Å². The Balaban J connectivity index is 1.35. The van der Waals surface area contributed by atoms with Crippen molar-refractivity contribution in [1.82, 2.24) is 19.6 Å². The maximum Gasteiger partial charge on any atom is 0.257 e. The minimum Gasteiger partial charge on any atom is -0.336 e. The number of amides is 1. The number of aromatic nitrogens is 2. The molecule has 7 nitrogen and oxygen atoms in total. The van der Waals surface area contributed by atoms with Crippen LogP contribution in [0.5, 0.6) is 0 Å². The second-order valence-corrected chi connectivity index (χ2v) is 11.1. The fourth-order valence-electron chi connectivity index (χ4n) is 4.76. The third-order valence-electron chi connectivity index (χ3n) is 6.55. The van der Waals surface area contributed by atoms with E-state index in [1.807, 2.05) is 76.4 Å².